The molecule has 0 aliphatic heterocycles. The number of carbonyl (C=O) groups excluding carboxylic acids is 1. The molecule has 0 bridgehead atoms. The van der Waals surface area contributed by atoms with E-state index in [1.165, 1.54) is 5.56 Å². The molecule has 0 fully saturated rings. The van der Waals surface area contributed by atoms with Gasteiger partial charge in [0.2, 0.25) is 0 Å². The first-order chi connectivity index (χ1) is 12.1. The molecule has 4 heteroatoms. The SMILES string of the molecule is CCc1ccc(O[C@H](CC)C(=O)N[C@H](C)c2ccccc2OC)cc1. The van der Waals surface area contributed by atoms with Gasteiger partial charge in [0.15, 0.2) is 6.10 Å². The highest BCUT2D eigenvalue weighted by Crippen LogP contribution is 2.24. The number of methoxy groups -OCH3 is 1. The topological polar surface area (TPSA) is 47.6 Å². The monoisotopic (exact) mass is 341 g/mol. The maximum absolute atomic E-state index is 12.6. The number of carbonyl (C=O) groups is 1. The molecule has 0 aromatic heterocycles. The first-order valence-electron chi connectivity index (χ1n) is 8.77. The van der Waals surface area contributed by atoms with E-state index in [0.717, 1.165) is 17.7 Å². The minimum absolute atomic E-state index is 0.125. The highest BCUT2D eigenvalue weighted by atomic mass is 16.5. The molecule has 1 N–H and O–H groups in total. The third-order valence-electron chi connectivity index (χ3n) is 4.24. The summed E-state index contributed by atoms with van der Waals surface area (Å²) >= 11 is 0. The molecule has 0 radical (unpaired) electrons. The van der Waals surface area contributed by atoms with Crippen LogP contribution in [-0.4, -0.2) is 19.1 Å². The second kappa shape index (κ2) is 9.11. The Hall–Kier alpha value is -2.49. The van der Waals surface area contributed by atoms with E-state index in [0.29, 0.717) is 12.2 Å². The van der Waals surface area contributed by atoms with Crippen LogP contribution in [0.2, 0.25) is 0 Å². The van der Waals surface area contributed by atoms with E-state index in [2.05, 4.69) is 12.2 Å². The second-order valence-electron chi connectivity index (χ2n) is 5.98. The zero-order valence-electron chi connectivity index (χ0n) is 15.4. The van der Waals surface area contributed by atoms with Gasteiger partial charge in [0, 0.05) is 5.56 Å². The van der Waals surface area contributed by atoms with E-state index < -0.39 is 6.10 Å². The van der Waals surface area contributed by atoms with Crippen LogP contribution in [0.15, 0.2) is 48.5 Å². The Balaban J connectivity index is 2.03. The van der Waals surface area contributed by atoms with Gasteiger partial charge in [0.1, 0.15) is 11.5 Å². The molecule has 0 aliphatic rings. The largest absolute Gasteiger partial charge is 0.496 e. The number of para-hydroxylation sites is 1. The Bertz CT molecular complexity index is 682. The van der Waals surface area contributed by atoms with Gasteiger partial charge in [0.05, 0.1) is 13.2 Å². The summed E-state index contributed by atoms with van der Waals surface area (Å²) in [5, 5.41) is 3.02. The summed E-state index contributed by atoms with van der Waals surface area (Å²) in [6, 6.07) is 15.4. The van der Waals surface area contributed by atoms with Gasteiger partial charge in [0.25, 0.3) is 5.91 Å². The average molecular weight is 341 g/mol. The Morgan fingerprint density at radius 2 is 1.76 bits per heavy atom. The molecule has 0 saturated heterocycles. The number of rotatable bonds is 8. The van der Waals surface area contributed by atoms with E-state index in [9.17, 15) is 4.79 Å². The normalized spacial score (nSPS) is 13.0. The summed E-state index contributed by atoms with van der Waals surface area (Å²) in [6.45, 7) is 5.99. The van der Waals surface area contributed by atoms with Gasteiger partial charge in [-0.05, 0) is 43.5 Å². The number of benzene rings is 2. The van der Waals surface area contributed by atoms with Crippen LogP contribution in [0.3, 0.4) is 0 Å². The lowest BCUT2D eigenvalue weighted by molar-refractivity contribution is -0.128. The van der Waals surface area contributed by atoms with Crippen molar-refractivity contribution in [3.63, 3.8) is 0 Å². The van der Waals surface area contributed by atoms with Gasteiger partial charge in [-0.1, -0.05) is 44.2 Å². The Labute approximate surface area is 150 Å². The minimum atomic E-state index is -0.523. The number of hydrogen-bond acceptors (Lipinski definition) is 3. The molecule has 2 aromatic rings. The van der Waals surface area contributed by atoms with Crippen LogP contribution in [0.4, 0.5) is 0 Å². The molecule has 0 unspecified atom stereocenters. The van der Waals surface area contributed by atoms with Crippen LogP contribution in [0.5, 0.6) is 11.5 Å². The molecule has 0 saturated carbocycles. The molecule has 134 valence electrons. The van der Waals surface area contributed by atoms with Gasteiger partial charge in [-0.2, -0.15) is 0 Å². The third kappa shape index (κ3) is 4.99. The zero-order chi connectivity index (χ0) is 18.2. The van der Waals surface area contributed by atoms with Gasteiger partial charge >= 0.3 is 0 Å². The van der Waals surface area contributed by atoms with Crippen molar-refractivity contribution in [1.82, 2.24) is 5.32 Å². The number of aryl methyl sites for hydroxylation is 1. The van der Waals surface area contributed by atoms with Gasteiger partial charge < -0.3 is 14.8 Å². The van der Waals surface area contributed by atoms with Crippen LogP contribution in [0.1, 0.15) is 44.4 Å². The minimum Gasteiger partial charge on any atom is -0.496 e. The maximum atomic E-state index is 12.6. The molecular weight excluding hydrogens is 314 g/mol. The summed E-state index contributed by atoms with van der Waals surface area (Å²) in [5.74, 6) is 1.35. The fourth-order valence-corrected chi connectivity index (χ4v) is 2.70. The van der Waals surface area contributed by atoms with Crippen LogP contribution < -0.4 is 14.8 Å². The number of amides is 1. The second-order valence-corrected chi connectivity index (χ2v) is 5.98. The van der Waals surface area contributed by atoms with E-state index in [-0.39, 0.29) is 11.9 Å². The smallest absolute Gasteiger partial charge is 0.261 e. The third-order valence-corrected chi connectivity index (χ3v) is 4.24. The van der Waals surface area contributed by atoms with E-state index in [4.69, 9.17) is 9.47 Å². The van der Waals surface area contributed by atoms with Crippen molar-refractivity contribution in [3.05, 3.63) is 59.7 Å². The number of nitrogens with one attached hydrogen (secondary N) is 1. The fraction of sp³-hybridized carbons (Fsp3) is 0.381. The van der Waals surface area contributed by atoms with Crippen molar-refractivity contribution in [2.75, 3.05) is 7.11 Å². The van der Waals surface area contributed by atoms with Crippen LogP contribution in [0, 0.1) is 0 Å². The molecule has 0 heterocycles. The van der Waals surface area contributed by atoms with E-state index >= 15 is 0 Å². The standard InChI is InChI=1S/C21H27NO3/c1-5-16-11-13-17(14-12-16)25-19(6-2)21(23)22-15(3)18-9-7-8-10-20(18)24-4/h7-15,19H,5-6H2,1-4H3,(H,22,23)/t15-,19-/m1/s1. The fourth-order valence-electron chi connectivity index (χ4n) is 2.70. The van der Waals surface area contributed by atoms with Crippen molar-refractivity contribution >= 4 is 5.91 Å². The lowest BCUT2D eigenvalue weighted by Crippen LogP contribution is -2.39. The summed E-state index contributed by atoms with van der Waals surface area (Å²) in [6.07, 6.45) is 1.05. The first kappa shape index (κ1) is 18.8. The number of ether oxygens (including phenoxy) is 2. The maximum Gasteiger partial charge on any atom is 0.261 e. The molecule has 1 amide bonds. The molecule has 0 spiro atoms. The summed E-state index contributed by atoms with van der Waals surface area (Å²) in [4.78, 5) is 12.6. The van der Waals surface area contributed by atoms with Crippen molar-refractivity contribution < 1.29 is 14.3 Å². The van der Waals surface area contributed by atoms with Crippen molar-refractivity contribution in [2.45, 2.75) is 45.8 Å². The number of hydrogen-bond donors (Lipinski definition) is 1. The Morgan fingerprint density at radius 3 is 2.36 bits per heavy atom. The summed E-state index contributed by atoms with van der Waals surface area (Å²) in [5.41, 5.74) is 2.19. The molecule has 2 rings (SSSR count). The quantitative estimate of drug-likeness (QED) is 0.779. The van der Waals surface area contributed by atoms with Crippen LogP contribution in [-0.2, 0) is 11.2 Å². The highest BCUT2D eigenvalue weighted by molar-refractivity contribution is 5.81. The lowest BCUT2D eigenvalue weighted by Gasteiger charge is -2.22. The Kier molecular flexibility index (Phi) is 6.87. The van der Waals surface area contributed by atoms with Crippen LogP contribution in [0.25, 0.3) is 0 Å². The first-order valence-corrected chi connectivity index (χ1v) is 8.77. The summed E-state index contributed by atoms with van der Waals surface area (Å²) in [7, 11) is 1.63. The highest BCUT2D eigenvalue weighted by Gasteiger charge is 2.21. The lowest BCUT2D eigenvalue weighted by atomic mass is 10.1. The Morgan fingerprint density at radius 1 is 1.08 bits per heavy atom. The molecule has 0 aliphatic carbocycles. The zero-order valence-corrected chi connectivity index (χ0v) is 15.4. The molecule has 2 aromatic carbocycles. The van der Waals surface area contributed by atoms with Crippen molar-refractivity contribution in [2.24, 2.45) is 0 Å². The van der Waals surface area contributed by atoms with E-state index in [1.54, 1.807) is 7.11 Å². The molecule has 4 nitrogen and oxygen atoms in total. The van der Waals surface area contributed by atoms with Crippen LogP contribution >= 0.6 is 0 Å². The summed E-state index contributed by atoms with van der Waals surface area (Å²) < 4.78 is 11.2. The van der Waals surface area contributed by atoms with E-state index in [1.807, 2.05) is 62.4 Å². The van der Waals surface area contributed by atoms with Crippen molar-refractivity contribution in [1.29, 1.82) is 0 Å². The molecule has 25 heavy (non-hydrogen) atoms. The molecular formula is C21H27NO3. The van der Waals surface area contributed by atoms with Crippen molar-refractivity contribution in [3.8, 4) is 11.5 Å². The van der Waals surface area contributed by atoms with Gasteiger partial charge in [-0.3, -0.25) is 4.79 Å². The molecule has 2 atom stereocenters. The predicted octanol–water partition coefficient (Wildman–Crippen LogP) is 4.29. The average Bonchev–Trinajstić information content (AvgIpc) is 2.66. The van der Waals surface area contributed by atoms with Gasteiger partial charge in [-0.25, -0.2) is 0 Å². The van der Waals surface area contributed by atoms with Gasteiger partial charge in [-0.15, -0.1) is 0 Å². The predicted molar refractivity (Wildman–Crippen MR) is 100 cm³/mol.